The van der Waals surface area contributed by atoms with Crippen LogP contribution in [0.2, 0.25) is 0 Å². The zero-order valence-electron chi connectivity index (χ0n) is 30.1. The molecule has 2 aromatic carbocycles. The zero-order chi connectivity index (χ0) is 37.5. The van der Waals surface area contributed by atoms with Crippen LogP contribution < -0.4 is 20.5 Å². The molecule has 2 atom stereocenters. The first-order valence-corrected chi connectivity index (χ1v) is 17.1. The molecule has 6 heterocycles. The summed E-state index contributed by atoms with van der Waals surface area (Å²) >= 11 is 0. The SMILES string of the molecule is C.CCc1nc(-c2ccc3c(c2)OCCC3N)no1.CCc1nc(-c2ccc3c(c2)OCCC3NC(=O)c2ccnn2C)no1.Cl.Cn1nccc1C(=O)O. The number of halogens is 1. The predicted octanol–water partition coefficient (Wildman–Crippen LogP) is 5.54. The molecule has 17 nitrogen and oxygen atoms in total. The van der Waals surface area contributed by atoms with Crippen LogP contribution in [0.1, 0.15) is 90.1 Å². The Morgan fingerprint density at radius 2 is 1.31 bits per heavy atom. The highest BCUT2D eigenvalue weighted by atomic mass is 35.5. The van der Waals surface area contributed by atoms with Gasteiger partial charge in [0, 0.05) is 80.5 Å². The van der Waals surface area contributed by atoms with Gasteiger partial charge in [0.15, 0.2) is 0 Å². The number of aryl methyl sites for hydroxylation is 4. The van der Waals surface area contributed by atoms with E-state index in [0.29, 0.717) is 55.2 Å². The lowest BCUT2D eigenvalue weighted by Gasteiger charge is -2.27. The Morgan fingerprint density at radius 3 is 1.78 bits per heavy atom. The van der Waals surface area contributed by atoms with Crippen LogP contribution in [0, 0.1) is 0 Å². The number of nitrogens with two attached hydrogens (primary N) is 1. The molecule has 55 heavy (non-hydrogen) atoms. The van der Waals surface area contributed by atoms with E-state index in [9.17, 15) is 9.59 Å². The largest absolute Gasteiger partial charge is 0.493 e. The van der Waals surface area contributed by atoms with E-state index >= 15 is 0 Å². The van der Waals surface area contributed by atoms with Gasteiger partial charge in [-0.2, -0.15) is 20.2 Å². The zero-order valence-corrected chi connectivity index (χ0v) is 30.9. The van der Waals surface area contributed by atoms with Crippen LogP contribution in [0.4, 0.5) is 0 Å². The van der Waals surface area contributed by atoms with Crippen molar-refractivity contribution in [2.24, 2.45) is 19.8 Å². The van der Waals surface area contributed by atoms with Gasteiger partial charge in [-0.05, 0) is 24.3 Å². The Kier molecular flexibility index (Phi) is 14.2. The van der Waals surface area contributed by atoms with Crippen LogP contribution in [0.3, 0.4) is 0 Å². The number of fused-ring (bicyclic) bond motifs is 2. The lowest BCUT2D eigenvalue weighted by molar-refractivity contribution is 0.0684. The van der Waals surface area contributed by atoms with Crippen LogP contribution in [-0.2, 0) is 26.9 Å². The number of nitrogens with one attached hydrogen (secondary N) is 1. The van der Waals surface area contributed by atoms with Crippen LogP contribution in [0.25, 0.3) is 22.8 Å². The molecule has 0 bridgehead atoms. The molecule has 6 aromatic rings. The lowest BCUT2D eigenvalue weighted by Crippen LogP contribution is -2.33. The fourth-order valence-corrected chi connectivity index (χ4v) is 5.68. The maximum absolute atomic E-state index is 12.5. The van der Waals surface area contributed by atoms with Gasteiger partial charge < -0.3 is 34.7 Å². The molecular formula is C37H45ClN10O7. The van der Waals surface area contributed by atoms with E-state index in [0.717, 1.165) is 46.6 Å². The third-order valence-corrected chi connectivity index (χ3v) is 8.61. The fraction of sp³-hybridized carbons (Fsp3) is 0.351. The van der Waals surface area contributed by atoms with Gasteiger partial charge in [0.1, 0.15) is 22.9 Å². The molecule has 0 saturated heterocycles. The fourth-order valence-electron chi connectivity index (χ4n) is 5.68. The molecule has 0 saturated carbocycles. The Bertz CT molecular complexity index is 2190. The number of aromatic nitrogens is 8. The average Bonchev–Trinajstić information content (AvgIpc) is 4.00. The number of carboxylic acids is 1. The second-order valence-electron chi connectivity index (χ2n) is 12.1. The first kappa shape index (κ1) is 41.7. The lowest BCUT2D eigenvalue weighted by atomic mass is 9.98. The summed E-state index contributed by atoms with van der Waals surface area (Å²) < 4.78 is 24.6. The minimum absolute atomic E-state index is 0. The molecule has 8 rings (SSSR count). The molecule has 1 amide bonds. The van der Waals surface area contributed by atoms with Crippen LogP contribution in [-0.4, -0.2) is 70.0 Å². The molecule has 2 unspecified atom stereocenters. The highest BCUT2D eigenvalue weighted by Gasteiger charge is 2.25. The van der Waals surface area contributed by atoms with Crippen LogP contribution in [0.5, 0.6) is 11.5 Å². The van der Waals surface area contributed by atoms with Crippen molar-refractivity contribution in [2.75, 3.05) is 13.2 Å². The molecule has 4 N–H and O–H groups in total. The van der Waals surface area contributed by atoms with Crippen LogP contribution >= 0.6 is 12.4 Å². The monoisotopic (exact) mass is 776 g/mol. The van der Waals surface area contributed by atoms with Crippen molar-refractivity contribution in [3.8, 4) is 34.3 Å². The molecule has 18 heteroatoms. The normalized spacial score (nSPS) is 15.1. The predicted molar refractivity (Wildman–Crippen MR) is 203 cm³/mol. The smallest absolute Gasteiger partial charge is 0.354 e. The summed E-state index contributed by atoms with van der Waals surface area (Å²) in [6.07, 6.45) is 6.04. The van der Waals surface area contributed by atoms with Crippen molar-refractivity contribution in [3.05, 3.63) is 95.2 Å². The second-order valence-corrected chi connectivity index (χ2v) is 12.1. The number of rotatable bonds is 7. The molecule has 2 aliphatic rings. The first-order valence-electron chi connectivity index (χ1n) is 17.1. The molecule has 4 aromatic heterocycles. The Hall–Kier alpha value is -6.07. The number of benzene rings is 2. The van der Waals surface area contributed by atoms with E-state index < -0.39 is 5.97 Å². The summed E-state index contributed by atoms with van der Waals surface area (Å²) in [5, 5.41) is 27.1. The third kappa shape index (κ3) is 9.73. The number of hydrogen-bond acceptors (Lipinski definition) is 13. The van der Waals surface area contributed by atoms with E-state index in [1.807, 2.05) is 50.2 Å². The highest BCUT2D eigenvalue weighted by molar-refractivity contribution is 5.92. The molecule has 0 spiro atoms. The van der Waals surface area contributed by atoms with E-state index in [1.54, 1.807) is 31.0 Å². The van der Waals surface area contributed by atoms with Gasteiger partial charge in [0.25, 0.3) is 5.91 Å². The quantitative estimate of drug-likeness (QED) is 0.181. The second kappa shape index (κ2) is 18.8. The van der Waals surface area contributed by atoms with Crippen molar-refractivity contribution < 1.29 is 33.2 Å². The number of amides is 1. The first-order chi connectivity index (χ1) is 25.6. The third-order valence-electron chi connectivity index (χ3n) is 8.61. The van der Waals surface area contributed by atoms with Crippen molar-refractivity contribution in [3.63, 3.8) is 0 Å². The van der Waals surface area contributed by atoms with Gasteiger partial charge in [-0.25, -0.2) is 4.79 Å². The Balaban J connectivity index is 0.000000201. The van der Waals surface area contributed by atoms with Gasteiger partial charge in [-0.1, -0.05) is 55.9 Å². The van der Waals surface area contributed by atoms with Crippen molar-refractivity contribution >= 4 is 24.3 Å². The molecule has 0 radical (unpaired) electrons. The van der Waals surface area contributed by atoms with Crippen molar-refractivity contribution in [1.29, 1.82) is 0 Å². The number of ether oxygens (including phenoxy) is 2. The molecule has 2 aliphatic heterocycles. The number of carboxylic acid groups (broad SMARTS) is 1. The number of carbonyl (C=O) groups is 2. The maximum atomic E-state index is 12.5. The van der Waals surface area contributed by atoms with Gasteiger partial charge in [-0.15, -0.1) is 12.4 Å². The number of nitrogens with zero attached hydrogens (tertiary/aromatic N) is 8. The summed E-state index contributed by atoms with van der Waals surface area (Å²) in [4.78, 5) is 31.4. The van der Waals surface area contributed by atoms with E-state index in [2.05, 4.69) is 35.8 Å². The number of hydrogen-bond donors (Lipinski definition) is 3. The van der Waals surface area contributed by atoms with E-state index in [4.69, 9.17) is 29.4 Å². The summed E-state index contributed by atoms with van der Waals surface area (Å²) in [7, 11) is 3.33. The van der Waals surface area contributed by atoms with E-state index in [1.165, 1.54) is 16.9 Å². The van der Waals surface area contributed by atoms with Crippen molar-refractivity contribution in [1.82, 2.24) is 45.2 Å². The van der Waals surface area contributed by atoms with Gasteiger partial charge in [-0.3, -0.25) is 14.2 Å². The van der Waals surface area contributed by atoms with Gasteiger partial charge in [0.2, 0.25) is 23.4 Å². The average molecular weight is 777 g/mol. The number of aromatic carboxylic acids is 1. The molecule has 0 fully saturated rings. The summed E-state index contributed by atoms with van der Waals surface area (Å²) in [6.45, 7) is 5.12. The highest BCUT2D eigenvalue weighted by Crippen LogP contribution is 2.36. The number of carbonyl (C=O) groups excluding carboxylic acids is 1. The van der Waals surface area contributed by atoms with Crippen LogP contribution in [0.15, 0.2) is 70.0 Å². The molecule has 0 aliphatic carbocycles. The summed E-state index contributed by atoms with van der Waals surface area (Å²) in [5.41, 5.74) is 10.5. The Labute approximate surface area is 323 Å². The Morgan fingerprint density at radius 1 is 0.800 bits per heavy atom. The van der Waals surface area contributed by atoms with Crippen molar-refractivity contribution in [2.45, 2.75) is 59.0 Å². The standard InChI is InChI=1S/C18H19N5O3.C13H15N3O2.C5H6N2O2.CH4.ClH/c1-3-16-21-17(22-26-16)11-4-5-12-13(7-9-25-15(12)10-11)20-18(24)14-6-8-19-23(14)2;1-2-12-15-13(16-18-12)8-3-4-9-10(14)5-6-17-11(9)7-8;1-7-4(5(8)9)2-3-6-7;;/h4-6,8,10,13H,3,7,9H2,1-2H3,(H,20,24);3-4,7,10H,2,5-6,14H2,1H3;2-3H,1H3,(H,8,9);1H4;1H. The topological polar surface area (TPSA) is 224 Å². The van der Waals surface area contributed by atoms with Gasteiger partial charge >= 0.3 is 5.97 Å². The minimum Gasteiger partial charge on any atom is -0.493 e. The minimum atomic E-state index is -0.949. The van der Waals surface area contributed by atoms with E-state index in [-0.39, 0.29) is 43.5 Å². The molecular weight excluding hydrogens is 732 g/mol. The maximum Gasteiger partial charge on any atom is 0.354 e. The summed E-state index contributed by atoms with van der Waals surface area (Å²) in [6, 6.07) is 14.7. The summed E-state index contributed by atoms with van der Waals surface area (Å²) in [5.74, 6) is 2.82. The van der Waals surface area contributed by atoms with Gasteiger partial charge in [0.05, 0.1) is 19.3 Å². The molecule has 292 valence electrons.